The highest BCUT2D eigenvalue weighted by Gasteiger charge is 2.13. The SMILES string of the molecule is FCCn1cc(NCc2cc(-c3ccc(N4CCCC4)nc3)n[nH]2)cn1. The molecule has 0 saturated carbocycles. The zero-order chi connectivity index (χ0) is 17.8. The summed E-state index contributed by atoms with van der Waals surface area (Å²) in [5.41, 5.74) is 3.68. The zero-order valence-electron chi connectivity index (χ0n) is 14.5. The van der Waals surface area contributed by atoms with Crippen molar-refractivity contribution in [2.75, 3.05) is 30.0 Å². The van der Waals surface area contributed by atoms with Gasteiger partial charge in [-0.25, -0.2) is 9.37 Å². The topological polar surface area (TPSA) is 74.7 Å². The van der Waals surface area contributed by atoms with E-state index in [0.717, 1.165) is 41.5 Å². The summed E-state index contributed by atoms with van der Waals surface area (Å²) in [5, 5.41) is 14.7. The van der Waals surface area contributed by atoms with E-state index in [-0.39, 0.29) is 6.54 Å². The van der Waals surface area contributed by atoms with Gasteiger partial charge in [0.05, 0.1) is 36.4 Å². The van der Waals surface area contributed by atoms with Gasteiger partial charge in [-0.2, -0.15) is 10.2 Å². The fourth-order valence-electron chi connectivity index (χ4n) is 3.13. The third-order valence-electron chi connectivity index (χ3n) is 4.53. The highest BCUT2D eigenvalue weighted by atomic mass is 19.1. The molecule has 0 spiro atoms. The number of nitrogens with one attached hydrogen (secondary N) is 2. The van der Waals surface area contributed by atoms with E-state index < -0.39 is 6.67 Å². The average molecular weight is 355 g/mol. The van der Waals surface area contributed by atoms with Crippen LogP contribution in [0.25, 0.3) is 11.3 Å². The number of aromatic nitrogens is 5. The first-order valence-electron chi connectivity index (χ1n) is 8.90. The van der Waals surface area contributed by atoms with Crippen LogP contribution in [0.3, 0.4) is 0 Å². The molecule has 0 radical (unpaired) electrons. The van der Waals surface area contributed by atoms with Gasteiger partial charge in [0.1, 0.15) is 12.5 Å². The summed E-state index contributed by atoms with van der Waals surface area (Å²) in [5.74, 6) is 1.04. The Balaban J connectivity index is 1.37. The molecule has 1 fully saturated rings. The minimum absolute atomic E-state index is 0.274. The Hall–Kier alpha value is -2.90. The Morgan fingerprint density at radius 3 is 2.85 bits per heavy atom. The summed E-state index contributed by atoms with van der Waals surface area (Å²) in [6.45, 7) is 2.62. The monoisotopic (exact) mass is 355 g/mol. The Labute approximate surface area is 151 Å². The normalized spacial score (nSPS) is 14.1. The van der Waals surface area contributed by atoms with E-state index in [1.54, 1.807) is 17.1 Å². The lowest BCUT2D eigenvalue weighted by Crippen LogP contribution is -2.18. The number of hydrogen-bond donors (Lipinski definition) is 2. The number of nitrogens with zero attached hydrogens (tertiary/aromatic N) is 5. The maximum absolute atomic E-state index is 12.3. The van der Waals surface area contributed by atoms with E-state index in [4.69, 9.17) is 0 Å². The quantitative estimate of drug-likeness (QED) is 0.682. The molecule has 0 atom stereocenters. The standard InChI is InChI=1S/C18H22FN7/c19-5-8-26-13-16(12-22-26)20-11-15-9-17(24-23-15)14-3-4-18(21-10-14)25-6-1-2-7-25/h3-4,9-10,12-13,20H,1-2,5-8,11H2,(H,23,24). The second-order valence-electron chi connectivity index (χ2n) is 6.41. The van der Waals surface area contributed by atoms with Crippen LogP contribution < -0.4 is 10.2 Å². The number of rotatable bonds is 7. The van der Waals surface area contributed by atoms with E-state index in [1.165, 1.54) is 12.8 Å². The van der Waals surface area contributed by atoms with Crippen molar-refractivity contribution < 1.29 is 4.39 Å². The third-order valence-corrected chi connectivity index (χ3v) is 4.53. The number of pyridine rings is 1. The van der Waals surface area contributed by atoms with Crippen LogP contribution in [0.1, 0.15) is 18.5 Å². The van der Waals surface area contributed by atoms with Crippen LogP contribution in [-0.2, 0) is 13.1 Å². The van der Waals surface area contributed by atoms with Crippen molar-refractivity contribution >= 4 is 11.5 Å². The van der Waals surface area contributed by atoms with Gasteiger partial charge in [0.25, 0.3) is 0 Å². The van der Waals surface area contributed by atoms with E-state index in [1.807, 2.05) is 12.3 Å². The van der Waals surface area contributed by atoms with Crippen molar-refractivity contribution in [3.63, 3.8) is 0 Å². The number of aryl methyl sites for hydroxylation is 1. The summed E-state index contributed by atoms with van der Waals surface area (Å²) in [6, 6.07) is 6.13. The number of H-pyrrole nitrogens is 1. The predicted molar refractivity (Wildman–Crippen MR) is 98.8 cm³/mol. The van der Waals surface area contributed by atoms with E-state index in [9.17, 15) is 4.39 Å². The van der Waals surface area contributed by atoms with Crippen molar-refractivity contribution in [1.29, 1.82) is 0 Å². The molecule has 0 amide bonds. The molecule has 0 aliphatic carbocycles. The van der Waals surface area contributed by atoms with Crippen LogP contribution in [0.5, 0.6) is 0 Å². The van der Waals surface area contributed by atoms with Gasteiger partial charge in [0.2, 0.25) is 0 Å². The fraction of sp³-hybridized carbons (Fsp3) is 0.389. The van der Waals surface area contributed by atoms with E-state index >= 15 is 0 Å². The van der Waals surface area contributed by atoms with Crippen LogP contribution in [0, 0.1) is 0 Å². The molecule has 26 heavy (non-hydrogen) atoms. The second kappa shape index (κ2) is 7.55. The first-order chi connectivity index (χ1) is 12.8. The van der Waals surface area contributed by atoms with Gasteiger partial charge in [-0.1, -0.05) is 0 Å². The molecule has 4 rings (SSSR count). The number of alkyl halides is 1. The Morgan fingerprint density at radius 1 is 1.19 bits per heavy atom. The van der Waals surface area contributed by atoms with Gasteiger partial charge in [0.15, 0.2) is 0 Å². The van der Waals surface area contributed by atoms with E-state index in [0.29, 0.717) is 6.54 Å². The summed E-state index contributed by atoms with van der Waals surface area (Å²) in [7, 11) is 0. The summed E-state index contributed by atoms with van der Waals surface area (Å²) < 4.78 is 13.9. The lowest BCUT2D eigenvalue weighted by molar-refractivity contribution is 0.427. The molecule has 0 aromatic carbocycles. The minimum atomic E-state index is -0.421. The molecule has 1 saturated heterocycles. The second-order valence-corrected chi connectivity index (χ2v) is 6.41. The molecule has 7 nitrogen and oxygen atoms in total. The molecule has 2 N–H and O–H groups in total. The lowest BCUT2D eigenvalue weighted by atomic mass is 10.2. The van der Waals surface area contributed by atoms with Crippen LogP contribution >= 0.6 is 0 Å². The summed E-state index contributed by atoms with van der Waals surface area (Å²) >= 11 is 0. The largest absolute Gasteiger partial charge is 0.377 e. The molecular formula is C18H22FN7. The average Bonchev–Trinajstić information content (AvgIpc) is 3.42. The Kier molecular flexibility index (Phi) is 4.81. The van der Waals surface area contributed by atoms with Crippen LogP contribution in [0.2, 0.25) is 0 Å². The number of anilines is 2. The molecule has 1 aliphatic heterocycles. The third kappa shape index (κ3) is 3.68. The van der Waals surface area contributed by atoms with Gasteiger partial charge in [-0.05, 0) is 31.0 Å². The molecular weight excluding hydrogens is 333 g/mol. The van der Waals surface area contributed by atoms with Crippen LogP contribution in [0.4, 0.5) is 15.9 Å². The van der Waals surface area contributed by atoms with Crippen molar-refractivity contribution in [2.45, 2.75) is 25.9 Å². The van der Waals surface area contributed by atoms with Crippen LogP contribution in [0.15, 0.2) is 36.8 Å². The van der Waals surface area contributed by atoms with Gasteiger partial charge < -0.3 is 10.2 Å². The highest BCUT2D eigenvalue weighted by molar-refractivity contribution is 5.60. The van der Waals surface area contributed by atoms with Gasteiger partial charge in [0, 0.05) is 31.0 Å². The maximum Gasteiger partial charge on any atom is 0.128 e. The molecule has 3 aromatic rings. The number of halogens is 1. The maximum atomic E-state index is 12.3. The van der Waals surface area contributed by atoms with Crippen LogP contribution in [-0.4, -0.2) is 44.7 Å². The van der Waals surface area contributed by atoms with Crippen molar-refractivity contribution in [1.82, 2.24) is 25.0 Å². The lowest BCUT2D eigenvalue weighted by Gasteiger charge is -2.15. The molecule has 1 aliphatic rings. The zero-order valence-corrected chi connectivity index (χ0v) is 14.5. The van der Waals surface area contributed by atoms with Gasteiger partial charge in [-0.3, -0.25) is 9.78 Å². The van der Waals surface area contributed by atoms with E-state index in [2.05, 4.69) is 42.6 Å². The molecule has 0 unspecified atom stereocenters. The molecule has 0 bridgehead atoms. The predicted octanol–water partition coefficient (Wildman–Crippen LogP) is 2.85. The molecule has 3 aromatic heterocycles. The molecule has 136 valence electrons. The number of hydrogen-bond acceptors (Lipinski definition) is 5. The smallest absolute Gasteiger partial charge is 0.128 e. The van der Waals surface area contributed by atoms with Gasteiger partial charge >= 0.3 is 0 Å². The Bertz CT molecular complexity index is 833. The molecule has 4 heterocycles. The number of aromatic amines is 1. The fourth-order valence-corrected chi connectivity index (χ4v) is 3.13. The summed E-state index contributed by atoms with van der Waals surface area (Å²) in [6.07, 6.45) is 7.84. The Morgan fingerprint density at radius 2 is 2.08 bits per heavy atom. The van der Waals surface area contributed by atoms with Gasteiger partial charge in [-0.15, -0.1) is 0 Å². The van der Waals surface area contributed by atoms with Crippen molar-refractivity contribution in [2.24, 2.45) is 0 Å². The molecule has 8 heteroatoms. The van der Waals surface area contributed by atoms with Crippen molar-refractivity contribution in [3.8, 4) is 11.3 Å². The first kappa shape index (κ1) is 16.6. The highest BCUT2D eigenvalue weighted by Crippen LogP contribution is 2.22. The first-order valence-corrected chi connectivity index (χ1v) is 8.90. The summed E-state index contributed by atoms with van der Waals surface area (Å²) in [4.78, 5) is 6.89. The minimum Gasteiger partial charge on any atom is -0.377 e. The van der Waals surface area contributed by atoms with Crippen molar-refractivity contribution in [3.05, 3.63) is 42.5 Å².